The fraction of sp³-hybridized carbons (Fsp3) is 0.529. The van der Waals surface area contributed by atoms with Crippen molar-refractivity contribution in [1.29, 1.82) is 0 Å². The van der Waals surface area contributed by atoms with Gasteiger partial charge in [-0.3, -0.25) is 14.5 Å². The summed E-state index contributed by atoms with van der Waals surface area (Å²) in [5.41, 5.74) is 0.350. The minimum Gasteiger partial charge on any atom is -0.342 e. The Kier molecular flexibility index (Phi) is 5.50. The van der Waals surface area contributed by atoms with E-state index in [1.165, 1.54) is 12.1 Å². The summed E-state index contributed by atoms with van der Waals surface area (Å²) in [6.07, 6.45) is 2.19. The number of nitrogens with zero attached hydrogens (tertiary/aromatic N) is 3. The van der Waals surface area contributed by atoms with Crippen LogP contribution in [0.5, 0.6) is 0 Å². The lowest BCUT2D eigenvalue weighted by Gasteiger charge is -2.35. The van der Waals surface area contributed by atoms with Crippen molar-refractivity contribution in [3.8, 4) is 0 Å². The summed E-state index contributed by atoms with van der Waals surface area (Å²) >= 11 is 3.21. The van der Waals surface area contributed by atoms with Crippen LogP contribution in [0.15, 0.2) is 22.7 Å². The summed E-state index contributed by atoms with van der Waals surface area (Å²) in [4.78, 5) is 30.4. The lowest BCUT2D eigenvalue weighted by Crippen LogP contribution is -2.51. The molecule has 0 N–H and O–H groups in total. The Balaban J connectivity index is 1.52. The van der Waals surface area contributed by atoms with E-state index in [0.717, 1.165) is 25.9 Å². The maximum Gasteiger partial charge on any atom is 0.254 e. The highest BCUT2D eigenvalue weighted by molar-refractivity contribution is 9.10. The van der Waals surface area contributed by atoms with Crippen molar-refractivity contribution in [2.24, 2.45) is 0 Å². The molecular weight excluding hydrogens is 377 g/mol. The first-order chi connectivity index (χ1) is 11.5. The second-order valence-electron chi connectivity index (χ2n) is 6.31. The quantitative estimate of drug-likeness (QED) is 0.782. The van der Waals surface area contributed by atoms with Gasteiger partial charge in [0.25, 0.3) is 5.91 Å². The minimum atomic E-state index is -0.428. The Morgan fingerprint density at radius 2 is 1.62 bits per heavy atom. The van der Waals surface area contributed by atoms with Gasteiger partial charge in [0.1, 0.15) is 5.82 Å². The molecule has 0 saturated carbocycles. The first-order valence-corrected chi connectivity index (χ1v) is 9.08. The smallest absolute Gasteiger partial charge is 0.254 e. The van der Waals surface area contributed by atoms with Crippen molar-refractivity contribution in [3.05, 3.63) is 34.1 Å². The molecule has 2 aliphatic rings. The zero-order chi connectivity index (χ0) is 17.1. The van der Waals surface area contributed by atoms with Gasteiger partial charge in [0.05, 0.1) is 6.54 Å². The highest BCUT2D eigenvalue weighted by atomic mass is 79.9. The number of benzene rings is 1. The van der Waals surface area contributed by atoms with E-state index in [2.05, 4.69) is 20.8 Å². The molecule has 2 heterocycles. The molecule has 0 aromatic heterocycles. The van der Waals surface area contributed by atoms with Gasteiger partial charge in [-0.05, 0) is 31.0 Å². The number of rotatable bonds is 3. The van der Waals surface area contributed by atoms with Crippen molar-refractivity contribution in [3.63, 3.8) is 0 Å². The molecule has 0 bridgehead atoms. The molecule has 2 saturated heterocycles. The largest absolute Gasteiger partial charge is 0.342 e. The van der Waals surface area contributed by atoms with E-state index in [-0.39, 0.29) is 11.8 Å². The van der Waals surface area contributed by atoms with Crippen LogP contribution in [-0.4, -0.2) is 72.3 Å². The third-order valence-corrected chi connectivity index (χ3v) is 5.04. The van der Waals surface area contributed by atoms with E-state index in [1.54, 1.807) is 11.0 Å². The molecule has 5 nitrogen and oxygen atoms in total. The maximum atomic E-state index is 13.5. The molecule has 2 aliphatic heterocycles. The van der Waals surface area contributed by atoms with Crippen LogP contribution < -0.4 is 0 Å². The van der Waals surface area contributed by atoms with Crippen LogP contribution in [0.25, 0.3) is 0 Å². The zero-order valence-corrected chi connectivity index (χ0v) is 15.1. The Morgan fingerprint density at radius 1 is 0.958 bits per heavy atom. The van der Waals surface area contributed by atoms with Gasteiger partial charge in [-0.2, -0.15) is 0 Å². The van der Waals surface area contributed by atoms with E-state index in [1.807, 2.05) is 4.90 Å². The molecule has 24 heavy (non-hydrogen) atoms. The molecular formula is C17H21BrFN3O2. The van der Waals surface area contributed by atoms with Crippen molar-refractivity contribution in [2.45, 2.75) is 12.8 Å². The first kappa shape index (κ1) is 17.4. The van der Waals surface area contributed by atoms with Crippen LogP contribution in [0.4, 0.5) is 4.39 Å². The average Bonchev–Trinajstić information content (AvgIpc) is 3.08. The highest BCUT2D eigenvalue weighted by Crippen LogP contribution is 2.17. The average molecular weight is 398 g/mol. The number of carbonyl (C=O) groups is 2. The number of carbonyl (C=O) groups excluding carboxylic acids is 2. The molecule has 0 atom stereocenters. The monoisotopic (exact) mass is 397 g/mol. The number of likely N-dealkylation sites (tertiary alicyclic amines) is 1. The molecule has 3 rings (SSSR count). The Morgan fingerprint density at radius 3 is 2.25 bits per heavy atom. The number of halogens is 2. The van der Waals surface area contributed by atoms with Crippen molar-refractivity contribution in [2.75, 3.05) is 45.8 Å². The fourth-order valence-corrected chi connectivity index (χ4v) is 3.69. The van der Waals surface area contributed by atoms with Gasteiger partial charge < -0.3 is 9.80 Å². The second-order valence-corrected chi connectivity index (χ2v) is 7.23. The summed E-state index contributed by atoms with van der Waals surface area (Å²) in [5.74, 6) is -0.412. The second kappa shape index (κ2) is 7.61. The number of piperazine rings is 1. The van der Waals surface area contributed by atoms with Gasteiger partial charge in [0.2, 0.25) is 5.91 Å². The zero-order valence-electron chi connectivity index (χ0n) is 13.5. The summed E-state index contributed by atoms with van der Waals surface area (Å²) < 4.78 is 14.0. The molecule has 0 spiro atoms. The van der Waals surface area contributed by atoms with Crippen LogP contribution >= 0.6 is 15.9 Å². The number of amides is 2. The van der Waals surface area contributed by atoms with Gasteiger partial charge in [-0.25, -0.2) is 4.39 Å². The normalized spacial score (nSPS) is 18.9. The predicted octanol–water partition coefficient (Wildman–Crippen LogP) is 1.97. The first-order valence-electron chi connectivity index (χ1n) is 8.28. The van der Waals surface area contributed by atoms with Gasteiger partial charge in [-0.15, -0.1) is 0 Å². The molecule has 0 aliphatic carbocycles. The maximum absolute atomic E-state index is 13.5. The molecule has 7 heteroatoms. The molecule has 0 radical (unpaired) electrons. The van der Waals surface area contributed by atoms with E-state index in [9.17, 15) is 14.0 Å². The number of hydrogen-bond donors (Lipinski definition) is 0. The SMILES string of the molecule is O=C(CN1CCN(C(=O)c2cc(F)cc(Br)c2)CC1)N1CCCC1. The fourth-order valence-electron chi connectivity index (χ4n) is 3.23. The Bertz CT molecular complexity index is 606. The molecule has 1 aromatic carbocycles. The van der Waals surface area contributed by atoms with Crippen LogP contribution in [0.1, 0.15) is 23.2 Å². The van der Waals surface area contributed by atoms with Gasteiger partial charge in [0.15, 0.2) is 0 Å². The van der Waals surface area contributed by atoms with Gasteiger partial charge in [-0.1, -0.05) is 15.9 Å². The molecule has 2 amide bonds. The van der Waals surface area contributed by atoms with Crippen LogP contribution in [0.2, 0.25) is 0 Å². The lowest BCUT2D eigenvalue weighted by atomic mass is 10.1. The summed E-state index contributed by atoms with van der Waals surface area (Å²) in [5, 5.41) is 0. The summed E-state index contributed by atoms with van der Waals surface area (Å²) in [6.45, 7) is 4.61. The third-order valence-electron chi connectivity index (χ3n) is 4.59. The minimum absolute atomic E-state index is 0.166. The highest BCUT2D eigenvalue weighted by Gasteiger charge is 2.26. The van der Waals surface area contributed by atoms with Crippen LogP contribution in [0, 0.1) is 5.82 Å². The molecule has 0 unspecified atom stereocenters. The molecule has 2 fully saturated rings. The van der Waals surface area contributed by atoms with Crippen molar-refractivity contribution < 1.29 is 14.0 Å². The van der Waals surface area contributed by atoms with E-state index < -0.39 is 5.82 Å². The lowest BCUT2D eigenvalue weighted by molar-refractivity contribution is -0.131. The van der Waals surface area contributed by atoms with Crippen molar-refractivity contribution >= 4 is 27.7 Å². The summed E-state index contributed by atoms with van der Waals surface area (Å²) in [6, 6.07) is 4.23. The predicted molar refractivity (Wildman–Crippen MR) is 92.3 cm³/mol. The van der Waals surface area contributed by atoms with Crippen molar-refractivity contribution in [1.82, 2.24) is 14.7 Å². The number of hydrogen-bond acceptors (Lipinski definition) is 3. The third kappa shape index (κ3) is 4.13. The van der Waals surface area contributed by atoms with E-state index in [0.29, 0.717) is 42.8 Å². The van der Waals surface area contributed by atoms with Crippen LogP contribution in [-0.2, 0) is 4.79 Å². The van der Waals surface area contributed by atoms with Crippen LogP contribution in [0.3, 0.4) is 0 Å². The Hall–Kier alpha value is -1.47. The molecule has 1 aromatic rings. The Labute approximate surface area is 149 Å². The van der Waals surface area contributed by atoms with Gasteiger partial charge >= 0.3 is 0 Å². The van der Waals surface area contributed by atoms with E-state index in [4.69, 9.17) is 0 Å². The van der Waals surface area contributed by atoms with Gasteiger partial charge in [0, 0.05) is 49.3 Å². The summed E-state index contributed by atoms with van der Waals surface area (Å²) in [7, 11) is 0. The standard InChI is InChI=1S/C17H21BrFN3O2/c18-14-9-13(10-15(19)11-14)17(24)22-7-5-20(6-8-22)12-16(23)21-3-1-2-4-21/h9-11H,1-8,12H2. The molecule has 130 valence electrons. The van der Waals surface area contributed by atoms with E-state index >= 15 is 0 Å². The topological polar surface area (TPSA) is 43.9 Å².